The standard InChI is InChI=1S/C22H31F2N3O5/c1-7-31-20(29)13(2)10-26(12-17(23)24)19(28)18-16-11-27(21(30)32-22(4,5)6)14(3)8-15(16)9-25-18/h9,14,17,25H,2,7-8,10-12H2,1,3-6H3/t14-/m1/s1. The van der Waals surface area contributed by atoms with Crippen molar-refractivity contribution in [2.45, 2.75) is 65.7 Å². The number of carbonyl (C=O) groups is 3. The lowest BCUT2D eigenvalue weighted by Gasteiger charge is -2.35. The fourth-order valence-electron chi connectivity index (χ4n) is 3.44. The van der Waals surface area contributed by atoms with Gasteiger partial charge in [0.15, 0.2) is 0 Å². The van der Waals surface area contributed by atoms with Crippen LogP contribution in [-0.2, 0) is 27.2 Å². The topological polar surface area (TPSA) is 91.9 Å². The first-order valence-corrected chi connectivity index (χ1v) is 10.4. The molecule has 8 nitrogen and oxygen atoms in total. The minimum Gasteiger partial charge on any atom is -0.463 e. The summed E-state index contributed by atoms with van der Waals surface area (Å²) in [6.45, 7) is 11.2. The number of aromatic amines is 1. The third-order valence-corrected chi connectivity index (χ3v) is 4.89. The number of esters is 1. The van der Waals surface area contributed by atoms with Crippen LogP contribution in [0.2, 0.25) is 0 Å². The Hall–Kier alpha value is -2.91. The van der Waals surface area contributed by atoms with Gasteiger partial charge < -0.3 is 24.3 Å². The van der Waals surface area contributed by atoms with Gasteiger partial charge >= 0.3 is 12.1 Å². The Kier molecular flexibility index (Phi) is 8.03. The van der Waals surface area contributed by atoms with E-state index in [0.717, 1.165) is 10.5 Å². The first-order valence-electron chi connectivity index (χ1n) is 10.4. The zero-order chi connectivity index (χ0) is 24.2. The molecule has 10 heteroatoms. The molecule has 0 bridgehead atoms. The number of carbonyl (C=O) groups excluding carboxylic acids is 3. The van der Waals surface area contributed by atoms with Crippen molar-refractivity contribution in [2.75, 3.05) is 19.7 Å². The molecular formula is C22H31F2N3O5. The summed E-state index contributed by atoms with van der Waals surface area (Å²) in [4.78, 5) is 42.9. The Bertz CT molecular complexity index is 875. The van der Waals surface area contributed by atoms with Gasteiger partial charge in [0.2, 0.25) is 0 Å². The fraction of sp³-hybridized carbons (Fsp3) is 0.591. The minimum absolute atomic E-state index is 0.0946. The maximum absolute atomic E-state index is 13.2. The van der Waals surface area contributed by atoms with Gasteiger partial charge in [-0.25, -0.2) is 18.4 Å². The van der Waals surface area contributed by atoms with Crippen molar-refractivity contribution in [3.63, 3.8) is 0 Å². The summed E-state index contributed by atoms with van der Waals surface area (Å²) in [6.07, 6.45) is -1.21. The van der Waals surface area contributed by atoms with Gasteiger partial charge in [-0.3, -0.25) is 4.79 Å². The van der Waals surface area contributed by atoms with E-state index in [4.69, 9.17) is 9.47 Å². The maximum Gasteiger partial charge on any atom is 0.410 e. The van der Waals surface area contributed by atoms with Gasteiger partial charge in [0.25, 0.3) is 12.3 Å². The molecule has 1 aliphatic rings. The summed E-state index contributed by atoms with van der Waals surface area (Å²) in [5, 5.41) is 0. The molecule has 178 valence electrons. The zero-order valence-electron chi connectivity index (χ0n) is 19.2. The van der Waals surface area contributed by atoms with E-state index >= 15 is 0 Å². The number of alkyl halides is 2. The molecule has 0 saturated heterocycles. The normalized spacial score (nSPS) is 15.9. The van der Waals surface area contributed by atoms with Gasteiger partial charge in [-0.2, -0.15) is 0 Å². The first kappa shape index (κ1) is 25.4. The molecule has 1 aliphatic heterocycles. The smallest absolute Gasteiger partial charge is 0.410 e. The minimum atomic E-state index is -2.81. The number of H-pyrrole nitrogens is 1. The lowest BCUT2D eigenvalue weighted by molar-refractivity contribution is -0.138. The molecule has 0 radical (unpaired) electrons. The van der Waals surface area contributed by atoms with E-state index in [1.807, 2.05) is 6.92 Å². The number of ether oxygens (including phenoxy) is 2. The van der Waals surface area contributed by atoms with Crippen LogP contribution in [0, 0.1) is 0 Å². The molecule has 2 amide bonds. The molecular weight excluding hydrogens is 424 g/mol. The van der Waals surface area contributed by atoms with Crippen molar-refractivity contribution in [3.05, 3.63) is 35.2 Å². The molecule has 32 heavy (non-hydrogen) atoms. The maximum atomic E-state index is 13.2. The van der Waals surface area contributed by atoms with Crippen molar-refractivity contribution in [1.29, 1.82) is 0 Å². The number of rotatable bonds is 7. The number of amides is 2. The van der Waals surface area contributed by atoms with E-state index < -0.39 is 43.1 Å². The van der Waals surface area contributed by atoms with E-state index in [2.05, 4.69) is 11.6 Å². The fourth-order valence-corrected chi connectivity index (χ4v) is 3.44. The van der Waals surface area contributed by atoms with Crippen molar-refractivity contribution in [3.8, 4) is 0 Å². The molecule has 1 N–H and O–H groups in total. The lowest BCUT2D eigenvalue weighted by atomic mass is 9.97. The number of hydrogen-bond donors (Lipinski definition) is 1. The monoisotopic (exact) mass is 455 g/mol. The van der Waals surface area contributed by atoms with E-state index in [9.17, 15) is 23.2 Å². The molecule has 0 saturated carbocycles. The molecule has 1 aromatic rings. The lowest BCUT2D eigenvalue weighted by Crippen LogP contribution is -2.45. The Morgan fingerprint density at radius 2 is 2.00 bits per heavy atom. The van der Waals surface area contributed by atoms with Gasteiger partial charge in [0, 0.05) is 23.4 Å². The van der Waals surface area contributed by atoms with Crippen LogP contribution in [0.25, 0.3) is 0 Å². The number of halogens is 2. The molecule has 0 aliphatic carbocycles. The SMILES string of the molecule is C=C(CN(CC(F)F)C(=O)c1[nH]cc2c1CN(C(=O)OC(C)(C)C)[C@H](C)C2)C(=O)OCC. The summed E-state index contributed by atoms with van der Waals surface area (Å²) in [5.74, 6) is -1.46. The summed E-state index contributed by atoms with van der Waals surface area (Å²) in [7, 11) is 0. The molecule has 1 atom stereocenters. The van der Waals surface area contributed by atoms with Gasteiger partial charge in [-0.15, -0.1) is 0 Å². The van der Waals surface area contributed by atoms with Crippen molar-refractivity contribution < 1.29 is 32.6 Å². The highest BCUT2D eigenvalue weighted by molar-refractivity contribution is 5.96. The number of aromatic nitrogens is 1. The number of nitrogens with one attached hydrogen (secondary N) is 1. The summed E-state index contributed by atoms with van der Waals surface area (Å²) < 4.78 is 36.7. The predicted molar refractivity (Wildman–Crippen MR) is 113 cm³/mol. The Balaban J connectivity index is 2.28. The summed E-state index contributed by atoms with van der Waals surface area (Å²) >= 11 is 0. The quantitative estimate of drug-likeness (QED) is 0.502. The van der Waals surface area contributed by atoms with E-state index in [-0.39, 0.29) is 30.5 Å². The molecule has 0 fully saturated rings. The average molecular weight is 456 g/mol. The highest BCUT2D eigenvalue weighted by Crippen LogP contribution is 2.28. The average Bonchev–Trinajstić information content (AvgIpc) is 3.07. The van der Waals surface area contributed by atoms with Gasteiger partial charge in [-0.1, -0.05) is 6.58 Å². The van der Waals surface area contributed by atoms with Crippen LogP contribution in [0.3, 0.4) is 0 Å². The predicted octanol–water partition coefficient (Wildman–Crippen LogP) is 3.52. The van der Waals surface area contributed by atoms with Crippen molar-refractivity contribution in [1.82, 2.24) is 14.8 Å². The Morgan fingerprint density at radius 1 is 1.34 bits per heavy atom. The highest BCUT2D eigenvalue weighted by atomic mass is 19.3. The summed E-state index contributed by atoms with van der Waals surface area (Å²) in [6, 6.07) is -0.170. The van der Waals surface area contributed by atoms with Crippen LogP contribution in [0.1, 0.15) is 56.2 Å². The third-order valence-electron chi connectivity index (χ3n) is 4.89. The Morgan fingerprint density at radius 3 is 2.56 bits per heavy atom. The molecule has 2 rings (SSSR count). The van der Waals surface area contributed by atoms with Crippen LogP contribution in [0.5, 0.6) is 0 Å². The number of nitrogens with zero attached hydrogens (tertiary/aromatic N) is 2. The first-order chi connectivity index (χ1) is 14.8. The van der Waals surface area contributed by atoms with E-state index in [1.165, 1.54) is 4.90 Å². The number of fused-ring (bicyclic) bond motifs is 1. The second kappa shape index (κ2) is 10.1. The zero-order valence-corrected chi connectivity index (χ0v) is 19.2. The van der Waals surface area contributed by atoms with Crippen LogP contribution in [-0.4, -0.2) is 70.5 Å². The number of hydrogen-bond acceptors (Lipinski definition) is 5. The van der Waals surface area contributed by atoms with Crippen LogP contribution < -0.4 is 0 Å². The molecule has 0 unspecified atom stereocenters. The highest BCUT2D eigenvalue weighted by Gasteiger charge is 2.35. The molecule has 2 heterocycles. The third kappa shape index (κ3) is 6.30. The van der Waals surface area contributed by atoms with Crippen molar-refractivity contribution in [2.24, 2.45) is 0 Å². The second-order valence-electron chi connectivity index (χ2n) is 8.73. The van der Waals surface area contributed by atoms with Crippen LogP contribution in [0.15, 0.2) is 18.3 Å². The van der Waals surface area contributed by atoms with Gasteiger partial charge in [0.05, 0.1) is 26.2 Å². The second-order valence-corrected chi connectivity index (χ2v) is 8.73. The molecule has 0 spiro atoms. The van der Waals surface area contributed by atoms with Gasteiger partial charge in [-0.05, 0) is 46.6 Å². The molecule has 0 aromatic carbocycles. The van der Waals surface area contributed by atoms with Crippen LogP contribution in [0.4, 0.5) is 13.6 Å². The summed E-state index contributed by atoms with van der Waals surface area (Å²) in [5.41, 5.74) is 0.667. The molecule has 1 aromatic heterocycles. The van der Waals surface area contributed by atoms with Crippen molar-refractivity contribution >= 4 is 18.0 Å². The van der Waals surface area contributed by atoms with E-state index in [0.29, 0.717) is 12.0 Å². The largest absolute Gasteiger partial charge is 0.463 e. The van der Waals surface area contributed by atoms with Crippen LogP contribution >= 0.6 is 0 Å². The van der Waals surface area contributed by atoms with E-state index in [1.54, 1.807) is 33.9 Å². The van der Waals surface area contributed by atoms with Gasteiger partial charge in [0.1, 0.15) is 11.3 Å². The Labute approximate surface area is 186 Å².